The average molecular weight is 237 g/mol. The van der Waals surface area contributed by atoms with Crippen LogP contribution in [-0.2, 0) is 4.79 Å². The Labute approximate surface area is 101 Å². The summed E-state index contributed by atoms with van der Waals surface area (Å²) in [6, 6.07) is 3.61. The second-order valence-electron chi connectivity index (χ2n) is 3.97. The fourth-order valence-corrected chi connectivity index (χ4v) is 1.41. The maximum Gasteiger partial charge on any atom is 0.221 e. The maximum absolute atomic E-state index is 11.1. The quantitative estimate of drug-likeness (QED) is 0.791. The molecular formula is C12H19N3O2. The Morgan fingerprint density at radius 3 is 2.94 bits per heavy atom. The van der Waals surface area contributed by atoms with E-state index in [0.717, 1.165) is 11.4 Å². The molecule has 1 aromatic heterocycles. The number of anilines is 1. The van der Waals surface area contributed by atoms with E-state index < -0.39 is 6.10 Å². The highest BCUT2D eigenvalue weighted by atomic mass is 16.3. The second kappa shape index (κ2) is 6.20. The number of carbonyl (C=O) groups excluding carboxylic acids is 1. The van der Waals surface area contributed by atoms with Crippen molar-refractivity contribution in [3.05, 3.63) is 23.9 Å². The molecule has 0 aliphatic rings. The molecule has 0 unspecified atom stereocenters. The topological polar surface area (TPSA) is 65.5 Å². The number of amides is 1. The molecule has 1 aromatic rings. The molecule has 0 saturated heterocycles. The summed E-state index contributed by atoms with van der Waals surface area (Å²) < 4.78 is 0. The molecular weight excluding hydrogens is 218 g/mol. The zero-order chi connectivity index (χ0) is 12.8. The van der Waals surface area contributed by atoms with Gasteiger partial charge in [-0.15, -0.1) is 0 Å². The van der Waals surface area contributed by atoms with Crippen LogP contribution in [-0.4, -0.2) is 36.6 Å². The lowest BCUT2D eigenvalue weighted by Gasteiger charge is -2.18. The third-order valence-electron chi connectivity index (χ3n) is 2.60. The van der Waals surface area contributed by atoms with E-state index >= 15 is 0 Å². The first-order valence-corrected chi connectivity index (χ1v) is 5.60. The number of nitrogens with one attached hydrogen (secondary N) is 1. The molecule has 0 fully saturated rings. The lowest BCUT2D eigenvalue weighted by molar-refractivity contribution is -0.120. The Balaban J connectivity index is 2.65. The summed E-state index contributed by atoms with van der Waals surface area (Å²) in [6.07, 6.45) is 1.57. The van der Waals surface area contributed by atoms with Gasteiger partial charge in [-0.05, 0) is 24.6 Å². The van der Waals surface area contributed by atoms with E-state index in [0.29, 0.717) is 13.0 Å². The fourth-order valence-electron chi connectivity index (χ4n) is 1.41. The van der Waals surface area contributed by atoms with Crippen LogP contribution in [0.15, 0.2) is 18.3 Å². The number of rotatable bonds is 5. The van der Waals surface area contributed by atoms with Crippen molar-refractivity contribution < 1.29 is 9.90 Å². The van der Waals surface area contributed by atoms with Crippen LogP contribution >= 0.6 is 0 Å². The van der Waals surface area contributed by atoms with Gasteiger partial charge in [-0.1, -0.05) is 0 Å². The zero-order valence-electron chi connectivity index (χ0n) is 10.5. The third kappa shape index (κ3) is 4.03. The van der Waals surface area contributed by atoms with Crippen LogP contribution in [0.4, 0.5) is 5.82 Å². The number of aliphatic hydroxyl groups is 1. The minimum atomic E-state index is -0.510. The van der Waals surface area contributed by atoms with E-state index in [1.54, 1.807) is 26.2 Å². The van der Waals surface area contributed by atoms with Gasteiger partial charge in [-0.3, -0.25) is 4.79 Å². The summed E-state index contributed by atoms with van der Waals surface area (Å²) in [6.45, 7) is 2.31. The number of nitrogens with zero attached hydrogens (tertiary/aromatic N) is 2. The van der Waals surface area contributed by atoms with Crippen molar-refractivity contribution in [3.8, 4) is 0 Å². The number of aromatic nitrogens is 1. The summed E-state index contributed by atoms with van der Waals surface area (Å²) in [5.41, 5.74) is 0.821. The predicted molar refractivity (Wildman–Crippen MR) is 66.8 cm³/mol. The van der Waals surface area contributed by atoms with Crippen molar-refractivity contribution in [2.45, 2.75) is 19.4 Å². The molecule has 0 radical (unpaired) electrons. The minimum Gasteiger partial charge on any atom is -0.389 e. The molecule has 1 amide bonds. The summed E-state index contributed by atoms with van der Waals surface area (Å²) in [5, 5.41) is 12.1. The SMILES string of the molecule is CNC(=O)CCN(C)c1cc([C@H](C)O)ccn1. The van der Waals surface area contributed by atoms with Gasteiger partial charge in [-0.25, -0.2) is 4.98 Å². The smallest absolute Gasteiger partial charge is 0.221 e. The molecule has 0 spiro atoms. The van der Waals surface area contributed by atoms with Crippen LogP contribution in [0, 0.1) is 0 Å². The predicted octanol–water partition coefficient (Wildman–Crippen LogP) is 0.707. The van der Waals surface area contributed by atoms with Gasteiger partial charge in [0, 0.05) is 33.3 Å². The van der Waals surface area contributed by atoms with E-state index in [-0.39, 0.29) is 5.91 Å². The molecule has 0 aromatic carbocycles. The van der Waals surface area contributed by atoms with Crippen LogP contribution < -0.4 is 10.2 Å². The first-order chi connectivity index (χ1) is 8.04. The molecule has 1 rings (SSSR count). The summed E-state index contributed by atoms with van der Waals surface area (Å²) >= 11 is 0. The average Bonchev–Trinajstić information content (AvgIpc) is 2.35. The van der Waals surface area contributed by atoms with Crippen LogP contribution in [0.2, 0.25) is 0 Å². The Kier molecular flexibility index (Phi) is 4.90. The monoisotopic (exact) mass is 237 g/mol. The van der Waals surface area contributed by atoms with Crippen molar-refractivity contribution >= 4 is 11.7 Å². The van der Waals surface area contributed by atoms with E-state index in [2.05, 4.69) is 10.3 Å². The van der Waals surface area contributed by atoms with Crippen LogP contribution in [0.25, 0.3) is 0 Å². The van der Waals surface area contributed by atoms with Gasteiger partial charge >= 0.3 is 0 Å². The number of pyridine rings is 1. The minimum absolute atomic E-state index is 0.00327. The van der Waals surface area contributed by atoms with Gasteiger partial charge in [0.05, 0.1) is 6.10 Å². The first kappa shape index (κ1) is 13.4. The Morgan fingerprint density at radius 2 is 2.35 bits per heavy atom. The van der Waals surface area contributed by atoms with Crippen molar-refractivity contribution in [2.24, 2.45) is 0 Å². The van der Waals surface area contributed by atoms with E-state index in [1.165, 1.54) is 0 Å². The van der Waals surface area contributed by atoms with E-state index in [4.69, 9.17) is 0 Å². The highest BCUT2D eigenvalue weighted by Gasteiger charge is 2.07. The fraction of sp³-hybridized carbons (Fsp3) is 0.500. The molecule has 94 valence electrons. The van der Waals surface area contributed by atoms with E-state index in [1.807, 2.05) is 18.0 Å². The Morgan fingerprint density at radius 1 is 1.65 bits per heavy atom. The van der Waals surface area contributed by atoms with Gasteiger partial charge in [-0.2, -0.15) is 0 Å². The summed E-state index contributed by atoms with van der Waals surface area (Å²) in [7, 11) is 3.49. The van der Waals surface area contributed by atoms with E-state index in [9.17, 15) is 9.90 Å². The molecule has 1 heterocycles. The molecule has 1 atom stereocenters. The van der Waals surface area contributed by atoms with Crippen LogP contribution in [0.5, 0.6) is 0 Å². The largest absolute Gasteiger partial charge is 0.389 e. The molecule has 2 N–H and O–H groups in total. The highest BCUT2D eigenvalue weighted by Crippen LogP contribution is 2.16. The van der Waals surface area contributed by atoms with Crippen molar-refractivity contribution in [1.29, 1.82) is 0 Å². The van der Waals surface area contributed by atoms with Gasteiger partial charge in [0.2, 0.25) is 5.91 Å². The lowest BCUT2D eigenvalue weighted by Crippen LogP contribution is -2.26. The number of hydrogen-bond acceptors (Lipinski definition) is 4. The summed E-state index contributed by atoms with van der Waals surface area (Å²) in [4.78, 5) is 17.2. The number of hydrogen-bond donors (Lipinski definition) is 2. The lowest BCUT2D eigenvalue weighted by atomic mass is 10.1. The zero-order valence-corrected chi connectivity index (χ0v) is 10.5. The number of aliphatic hydroxyl groups excluding tert-OH is 1. The second-order valence-corrected chi connectivity index (χ2v) is 3.97. The first-order valence-electron chi connectivity index (χ1n) is 5.60. The molecule has 0 aliphatic carbocycles. The molecule has 5 heteroatoms. The third-order valence-corrected chi connectivity index (χ3v) is 2.60. The van der Waals surface area contributed by atoms with Gasteiger partial charge in [0.15, 0.2) is 0 Å². The molecule has 5 nitrogen and oxygen atoms in total. The van der Waals surface area contributed by atoms with Gasteiger partial charge < -0.3 is 15.3 Å². The Bertz CT molecular complexity index is 380. The van der Waals surface area contributed by atoms with Crippen LogP contribution in [0.1, 0.15) is 25.0 Å². The Hall–Kier alpha value is -1.62. The van der Waals surface area contributed by atoms with Gasteiger partial charge in [0.1, 0.15) is 5.82 Å². The van der Waals surface area contributed by atoms with Crippen molar-refractivity contribution in [2.75, 3.05) is 25.5 Å². The normalized spacial score (nSPS) is 12.0. The van der Waals surface area contributed by atoms with Gasteiger partial charge in [0.25, 0.3) is 0 Å². The number of carbonyl (C=O) groups is 1. The highest BCUT2D eigenvalue weighted by molar-refractivity contribution is 5.76. The van der Waals surface area contributed by atoms with Crippen LogP contribution in [0.3, 0.4) is 0 Å². The summed E-state index contributed by atoms with van der Waals surface area (Å²) in [5.74, 6) is 0.760. The molecule has 0 aliphatic heterocycles. The molecule has 0 bridgehead atoms. The standard InChI is InChI=1S/C12H19N3O2/c1-9(16)10-4-6-14-11(8-10)15(3)7-5-12(17)13-2/h4,6,8-9,16H,5,7H2,1-3H3,(H,13,17)/t9-/m0/s1. The molecule has 0 saturated carbocycles. The van der Waals surface area contributed by atoms with Crippen molar-refractivity contribution in [1.82, 2.24) is 10.3 Å². The molecule has 17 heavy (non-hydrogen) atoms. The van der Waals surface area contributed by atoms with Crippen molar-refractivity contribution in [3.63, 3.8) is 0 Å². The maximum atomic E-state index is 11.1.